The molecule has 1 heterocycles. The summed E-state index contributed by atoms with van der Waals surface area (Å²) in [5.41, 5.74) is 0.0822. The molecule has 0 fully saturated rings. The minimum atomic E-state index is -3.71. The van der Waals surface area contributed by atoms with Crippen LogP contribution in [0.1, 0.15) is 23.5 Å². The zero-order valence-corrected chi connectivity index (χ0v) is 11.1. The number of anilines is 1. The SMILES string of the molecule is CC(C)CNS(=O)(=O)Nc1ccsc1C(=O)O. The predicted molar refractivity (Wildman–Crippen MR) is 66.7 cm³/mol. The number of aromatic carboxylic acids is 1. The molecule has 0 aliphatic rings. The molecule has 0 saturated carbocycles. The van der Waals surface area contributed by atoms with Crippen LogP contribution in [0.4, 0.5) is 5.69 Å². The van der Waals surface area contributed by atoms with Gasteiger partial charge in [-0.05, 0) is 17.4 Å². The Morgan fingerprint density at radius 3 is 2.71 bits per heavy atom. The third-order valence-corrected chi connectivity index (χ3v) is 3.72. The number of thiophene rings is 1. The number of hydrogen-bond donors (Lipinski definition) is 3. The Labute approximate surface area is 104 Å². The summed E-state index contributed by atoms with van der Waals surface area (Å²) in [6.45, 7) is 4.04. The topological polar surface area (TPSA) is 95.5 Å². The standard InChI is InChI=1S/C9H14N2O4S2/c1-6(2)5-10-17(14,15)11-7-3-4-16-8(7)9(12)13/h3-4,6,10-11H,5H2,1-2H3,(H,12,13). The van der Waals surface area contributed by atoms with E-state index in [0.717, 1.165) is 11.3 Å². The second-order valence-electron chi connectivity index (χ2n) is 3.82. The van der Waals surface area contributed by atoms with E-state index in [2.05, 4.69) is 9.44 Å². The van der Waals surface area contributed by atoms with Crippen LogP contribution in [-0.4, -0.2) is 26.0 Å². The average molecular weight is 278 g/mol. The van der Waals surface area contributed by atoms with Gasteiger partial charge in [0.05, 0.1) is 5.69 Å². The smallest absolute Gasteiger partial charge is 0.348 e. The van der Waals surface area contributed by atoms with Crippen LogP contribution in [-0.2, 0) is 10.2 Å². The van der Waals surface area contributed by atoms with Gasteiger partial charge in [0.1, 0.15) is 4.88 Å². The monoisotopic (exact) mass is 278 g/mol. The van der Waals surface area contributed by atoms with Crippen LogP contribution in [0.15, 0.2) is 11.4 Å². The van der Waals surface area contributed by atoms with Crippen molar-refractivity contribution in [2.24, 2.45) is 5.92 Å². The van der Waals surface area contributed by atoms with E-state index in [1.807, 2.05) is 13.8 Å². The molecule has 3 N–H and O–H groups in total. The lowest BCUT2D eigenvalue weighted by Crippen LogP contribution is -2.33. The maximum atomic E-state index is 11.6. The van der Waals surface area contributed by atoms with E-state index in [-0.39, 0.29) is 16.5 Å². The minimum Gasteiger partial charge on any atom is -0.477 e. The fourth-order valence-electron chi connectivity index (χ4n) is 1.01. The number of rotatable bonds is 6. The summed E-state index contributed by atoms with van der Waals surface area (Å²) >= 11 is 0.968. The molecular formula is C9H14N2O4S2. The molecule has 96 valence electrons. The van der Waals surface area contributed by atoms with Gasteiger partial charge in [0.2, 0.25) is 0 Å². The zero-order valence-electron chi connectivity index (χ0n) is 9.43. The molecule has 1 rings (SSSR count). The second-order valence-corrected chi connectivity index (χ2v) is 6.23. The normalized spacial score (nSPS) is 11.7. The van der Waals surface area contributed by atoms with Crippen molar-refractivity contribution in [3.63, 3.8) is 0 Å². The van der Waals surface area contributed by atoms with E-state index in [1.165, 1.54) is 11.4 Å². The largest absolute Gasteiger partial charge is 0.477 e. The van der Waals surface area contributed by atoms with E-state index in [0.29, 0.717) is 6.54 Å². The van der Waals surface area contributed by atoms with Gasteiger partial charge in [-0.25, -0.2) is 4.79 Å². The predicted octanol–water partition coefficient (Wildman–Crippen LogP) is 1.35. The lowest BCUT2D eigenvalue weighted by Gasteiger charge is -2.10. The molecule has 0 aromatic carbocycles. The zero-order chi connectivity index (χ0) is 13.1. The minimum absolute atomic E-state index is 0.0279. The van der Waals surface area contributed by atoms with Gasteiger partial charge >= 0.3 is 5.97 Å². The third-order valence-electron chi connectivity index (χ3n) is 1.79. The molecule has 0 aliphatic heterocycles. The van der Waals surface area contributed by atoms with Crippen LogP contribution in [0.2, 0.25) is 0 Å². The van der Waals surface area contributed by atoms with Crippen molar-refractivity contribution >= 4 is 33.2 Å². The number of carboxylic acid groups (broad SMARTS) is 1. The summed E-state index contributed by atoms with van der Waals surface area (Å²) in [5.74, 6) is -0.977. The van der Waals surface area contributed by atoms with Gasteiger partial charge in [0.15, 0.2) is 0 Å². The second kappa shape index (κ2) is 5.48. The Bertz CT molecular complexity index is 493. The molecule has 0 radical (unpaired) electrons. The molecule has 0 bridgehead atoms. The summed E-state index contributed by atoms with van der Waals surface area (Å²) in [5, 5.41) is 10.3. The maximum absolute atomic E-state index is 11.6. The molecule has 0 aliphatic carbocycles. The maximum Gasteiger partial charge on any atom is 0.348 e. The van der Waals surface area contributed by atoms with Crippen molar-refractivity contribution in [1.29, 1.82) is 0 Å². The van der Waals surface area contributed by atoms with Crippen molar-refractivity contribution in [3.8, 4) is 0 Å². The van der Waals surface area contributed by atoms with Crippen LogP contribution in [0, 0.1) is 5.92 Å². The number of nitrogens with one attached hydrogen (secondary N) is 2. The van der Waals surface area contributed by atoms with Crippen molar-refractivity contribution in [2.45, 2.75) is 13.8 Å². The highest BCUT2D eigenvalue weighted by molar-refractivity contribution is 7.90. The van der Waals surface area contributed by atoms with Gasteiger partial charge in [-0.3, -0.25) is 4.72 Å². The molecule has 0 unspecified atom stereocenters. The van der Waals surface area contributed by atoms with Gasteiger partial charge in [-0.2, -0.15) is 13.1 Å². The summed E-state index contributed by atoms with van der Waals surface area (Å²) in [4.78, 5) is 10.8. The average Bonchev–Trinajstić information content (AvgIpc) is 2.62. The molecular weight excluding hydrogens is 264 g/mol. The van der Waals surface area contributed by atoms with Crippen LogP contribution >= 0.6 is 11.3 Å². The van der Waals surface area contributed by atoms with Crippen LogP contribution in [0.3, 0.4) is 0 Å². The third kappa shape index (κ3) is 4.33. The number of carboxylic acids is 1. The van der Waals surface area contributed by atoms with Crippen molar-refractivity contribution in [1.82, 2.24) is 4.72 Å². The van der Waals surface area contributed by atoms with E-state index in [1.54, 1.807) is 0 Å². The lowest BCUT2D eigenvalue weighted by molar-refractivity contribution is 0.0703. The van der Waals surface area contributed by atoms with Crippen molar-refractivity contribution in [3.05, 3.63) is 16.3 Å². The molecule has 0 atom stereocenters. The molecule has 0 saturated heterocycles. The van der Waals surface area contributed by atoms with E-state index < -0.39 is 16.2 Å². The summed E-state index contributed by atoms with van der Waals surface area (Å²) < 4.78 is 27.7. The Morgan fingerprint density at radius 2 is 2.18 bits per heavy atom. The first-order valence-electron chi connectivity index (χ1n) is 4.90. The fraction of sp³-hybridized carbons (Fsp3) is 0.444. The van der Waals surface area contributed by atoms with E-state index in [4.69, 9.17) is 5.11 Å². The first kappa shape index (κ1) is 13.9. The van der Waals surface area contributed by atoms with Crippen molar-refractivity contribution in [2.75, 3.05) is 11.3 Å². The molecule has 8 heteroatoms. The van der Waals surface area contributed by atoms with Gasteiger partial charge in [-0.1, -0.05) is 13.8 Å². The molecule has 1 aromatic rings. The van der Waals surface area contributed by atoms with Gasteiger partial charge in [0.25, 0.3) is 10.2 Å². The highest BCUT2D eigenvalue weighted by Crippen LogP contribution is 2.22. The summed E-state index contributed by atoms with van der Waals surface area (Å²) in [6, 6.07) is 1.42. The fourth-order valence-corrected chi connectivity index (χ4v) is 2.85. The van der Waals surface area contributed by atoms with Gasteiger partial charge in [0, 0.05) is 6.54 Å². The molecule has 0 amide bonds. The Morgan fingerprint density at radius 1 is 1.53 bits per heavy atom. The number of hydrogen-bond acceptors (Lipinski definition) is 4. The van der Waals surface area contributed by atoms with Gasteiger partial charge < -0.3 is 5.11 Å². The Kier molecular flexibility index (Phi) is 4.49. The Hall–Kier alpha value is -1.12. The number of carbonyl (C=O) groups is 1. The van der Waals surface area contributed by atoms with E-state index in [9.17, 15) is 13.2 Å². The lowest BCUT2D eigenvalue weighted by atomic mass is 10.2. The highest BCUT2D eigenvalue weighted by Gasteiger charge is 2.17. The van der Waals surface area contributed by atoms with Crippen LogP contribution in [0.25, 0.3) is 0 Å². The quantitative estimate of drug-likeness (QED) is 0.732. The van der Waals surface area contributed by atoms with Crippen LogP contribution < -0.4 is 9.44 Å². The van der Waals surface area contributed by atoms with E-state index >= 15 is 0 Å². The summed E-state index contributed by atoms with van der Waals surface area (Å²) in [6.07, 6.45) is 0. The van der Waals surface area contributed by atoms with Gasteiger partial charge in [-0.15, -0.1) is 11.3 Å². The molecule has 1 aromatic heterocycles. The highest BCUT2D eigenvalue weighted by atomic mass is 32.2. The molecule has 0 spiro atoms. The first-order valence-corrected chi connectivity index (χ1v) is 7.26. The molecule has 6 nitrogen and oxygen atoms in total. The Balaban J connectivity index is 2.76. The summed E-state index contributed by atoms with van der Waals surface area (Å²) in [7, 11) is -3.71. The molecule has 17 heavy (non-hydrogen) atoms. The first-order chi connectivity index (χ1) is 7.82. The van der Waals surface area contributed by atoms with Crippen LogP contribution in [0.5, 0.6) is 0 Å². The van der Waals surface area contributed by atoms with Crippen molar-refractivity contribution < 1.29 is 18.3 Å².